The fourth-order valence-electron chi connectivity index (χ4n) is 4.23. The van der Waals surface area contributed by atoms with Gasteiger partial charge in [-0.05, 0) is 51.2 Å². The van der Waals surface area contributed by atoms with Crippen molar-refractivity contribution >= 4 is 27.5 Å². The van der Waals surface area contributed by atoms with Crippen LogP contribution in [0.4, 0.5) is 26.3 Å². The third-order valence-corrected chi connectivity index (χ3v) is 6.21. The molecule has 0 atom stereocenters. The highest BCUT2D eigenvalue weighted by Gasteiger charge is 2.70. The topological polar surface area (TPSA) is 46.5 Å². The van der Waals surface area contributed by atoms with Gasteiger partial charge in [-0.25, -0.2) is 4.79 Å². The molecule has 4 aromatic carbocycles. The molecule has 0 bridgehead atoms. The van der Waals surface area contributed by atoms with Crippen LogP contribution in [0.25, 0.3) is 32.7 Å². The monoisotopic (exact) mass is 506 g/mol. The number of benzene rings is 4. The van der Waals surface area contributed by atoms with Crippen LogP contribution in [-0.4, -0.2) is 35.6 Å². The molecule has 4 aromatic rings. The molecule has 0 aliphatic carbocycles. The van der Waals surface area contributed by atoms with Gasteiger partial charge in [0.2, 0.25) is 0 Å². The average molecular weight is 506 g/mol. The van der Waals surface area contributed by atoms with Gasteiger partial charge in [-0.2, -0.15) is 26.3 Å². The predicted octanol–water partition coefficient (Wildman–Crippen LogP) is 7.37. The summed E-state index contributed by atoms with van der Waals surface area (Å²) in [5, 5.41) is 12.4. The second kappa shape index (κ2) is 9.13. The van der Waals surface area contributed by atoms with E-state index in [9.17, 15) is 36.2 Å². The van der Waals surface area contributed by atoms with Gasteiger partial charge in [0.15, 0.2) is 0 Å². The minimum absolute atomic E-state index is 0.0201. The highest BCUT2D eigenvalue weighted by atomic mass is 19.4. The number of fused-ring (bicyclic) bond motifs is 2. The number of esters is 1. The lowest BCUT2D eigenvalue weighted by molar-refractivity contribution is -0.371. The molecule has 0 amide bonds. The Bertz CT molecular complexity index is 1430. The van der Waals surface area contributed by atoms with Crippen LogP contribution >= 0.6 is 0 Å². The minimum atomic E-state index is -5.98. The summed E-state index contributed by atoms with van der Waals surface area (Å²) in [6.07, 6.45) is -13.8. The molecule has 0 aromatic heterocycles. The lowest BCUT2D eigenvalue weighted by atomic mass is 9.91. The minimum Gasteiger partial charge on any atom is -0.462 e. The summed E-state index contributed by atoms with van der Waals surface area (Å²) in [6, 6.07) is 21.6. The maximum absolute atomic E-state index is 12.9. The highest BCUT2D eigenvalue weighted by Crippen LogP contribution is 2.45. The number of alkyl halides is 6. The molecule has 0 saturated heterocycles. The van der Waals surface area contributed by atoms with E-state index in [1.54, 1.807) is 30.3 Å². The normalized spacial score (nSPS) is 12.8. The van der Waals surface area contributed by atoms with Crippen molar-refractivity contribution in [2.24, 2.45) is 0 Å². The molecule has 0 fully saturated rings. The quantitative estimate of drug-likeness (QED) is 0.227. The van der Waals surface area contributed by atoms with Gasteiger partial charge in [0.1, 0.15) is 0 Å². The van der Waals surface area contributed by atoms with E-state index in [1.165, 1.54) is 6.07 Å². The van der Waals surface area contributed by atoms with Crippen LogP contribution < -0.4 is 0 Å². The smallest absolute Gasteiger partial charge is 0.426 e. The van der Waals surface area contributed by atoms with E-state index in [1.807, 2.05) is 43.3 Å². The lowest BCUT2D eigenvalue weighted by Crippen LogP contribution is -2.57. The van der Waals surface area contributed by atoms with E-state index in [0.29, 0.717) is 10.8 Å². The van der Waals surface area contributed by atoms with E-state index in [-0.39, 0.29) is 5.56 Å². The van der Waals surface area contributed by atoms with Crippen LogP contribution in [0.3, 0.4) is 0 Å². The third-order valence-electron chi connectivity index (χ3n) is 6.21. The summed E-state index contributed by atoms with van der Waals surface area (Å²) in [5.74, 6) is -1.10. The SMILES string of the molecule is Cc1cccc2c(-c3ccc(C(=O)OCCC(O)(C(F)(F)F)C(F)(F)F)c4ccccc34)cccc12. The van der Waals surface area contributed by atoms with Crippen LogP contribution in [-0.2, 0) is 4.74 Å². The molecule has 0 radical (unpaired) electrons. The van der Waals surface area contributed by atoms with Crippen molar-refractivity contribution in [1.82, 2.24) is 0 Å². The maximum Gasteiger partial charge on any atom is 0.426 e. The van der Waals surface area contributed by atoms with Crippen molar-refractivity contribution in [2.75, 3.05) is 6.61 Å². The number of ether oxygens (including phenoxy) is 1. The van der Waals surface area contributed by atoms with Crippen molar-refractivity contribution in [3.63, 3.8) is 0 Å². The van der Waals surface area contributed by atoms with Gasteiger partial charge < -0.3 is 9.84 Å². The van der Waals surface area contributed by atoms with E-state index in [0.717, 1.165) is 27.5 Å². The number of aliphatic hydroxyl groups is 1. The Morgan fingerprint density at radius 3 is 1.92 bits per heavy atom. The van der Waals surface area contributed by atoms with Crippen molar-refractivity contribution < 1.29 is 41.0 Å². The molecule has 0 aliphatic rings. The van der Waals surface area contributed by atoms with Crippen LogP contribution in [0, 0.1) is 6.92 Å². The van der Waals surface area contributed by atoms with Crippen LogP contribution in [0.2, 0.25) is 0 Å². The number of halogens is 6. The Morgan fingerprint density at radius 1 is 0.722 bits per heavy atom. The largest absolute Gasteiger partial charge is 0.462 e. The molecule has 0 saturated carbocycles. The fourth-order valence-corrected chi connectivity index (χ4v) is 4.23. The Morgan fingerprint density at radius 2 is 1.25 bits per heavy atom. The molecule has 0 aliphatic heterocycles. The first-order chi connectivity index (χ1) is 16.8. The zero-order valence-corrected chi connectivity index (χ0v) is 18.9. The Labute approximate surface area is 201 Å². The summed E-state index contributed by atoms with van der Waals surface area (Å²) >= 11 is 0. The molecule has 9 heteroatoms. The zero-order valence-electron chi connectivity index (χ0n) is 18.9. The van der Waals surface area contributed by atoms with Crippen LogP contribution in [0.15, 0.2) is 72.8 Å². The van der Waals surface area contributed by atoms with Gasteiger partial charge in [0.05, 0.1) is 12.2 Å². The summed E-state index contributed by atoms with van der Waals surface area (Å²) in [4.78, 5) is 12.7. The Kier molecular flexibility index (Phi) is 6.47. The highest BCUT2D eigenvalue weighted by molar-refractivity contribution is 6.12. The zero-order chi connectivity index (χ0) is 26.3. The summed E-state index contributed by atoms with van der Waals surface area (Å²) in [5.41, 5.74) is -2.24. The van der Waals surface area contributed by atoms with Gasteiger partial charge in [-0.1, -0.05) is 66.7 Å². The second-order valence-electron chi connectivity index (χ2n) is 8.42. The van der Waals surface area contributed by atoms with E-state index in [4.69, 9.17) is 4.74 Å². The standard InChI is InChI=1S/C27H20F6O3/c1-16-6-4-10-18-17(16)9-5-11-20(18)22-12-13-23(21-8-3-2-7-19(21)22)24(34)36-15-14-25(35,26(28,29)30)27(31,32)33/h2-13,35H,14-15H2,1H3. The van der Waals surface area contributed by atoms with Gasteiger partial charge >= 0.3 is 18.3 Å². The number of hydrogen-bond donors (Lipinski definition) is 1. The molecule has 0 heterocycles. The summed E-state index contributed by atoms with van der Waals surface area (Å²) in [7, 11) is 0. The summed E-state index contributed by atoms with van der Waals surface area (Å²) < 4.78 is 82.1. The van der Waals surface area contributed by atoms with Crippen molar-refractivity contribution in [1.29, 1.82) is 0 Å². The lowest BCUT2D eigenvalue weighted by Gasteiger charge is -2.32. The van der Waals surface area contributed by atoms with E-state index in [2.05, 4.69) is 0 Å². The number of hydrogen-bond acceptors (Lipinski definition) is 3. The average Bonchev–Trinajstić information content (AvgIpc) is 2.82. The number of aryl methyl sites for hydroxylation is 1. The number of rotatable bonds is 5. The fraction of sp³-hybridized carbons (Fsp3) is 0.222. The maximum atomic E-state index is 12.9. The van der Waals surface area contributed by atoms with Gasteiger partial charge in [-0.3, -0.25) is 0 Å². The Hall–Kier alpha value is -3.59. The van der Waals surface area contributed by atoms with Crippen molar-refractivity contribution in [2.45, 2.75) is 31.3 Å². The third kappa shape index (κ3) is 4.39. The molecule has 4 rings (SSSR count). The Balaban J connectivity index is 1.68. The molecular formula is C27H20F6O3. The van der Waals surface area contributed by atoms with Gasteiger partial charge in [0, 0.05) is 6.42 Å². The number of carbonyl (C=O) groups excluding carboxylic acids is 1. The molecule has 36 heavy (non-hydrogen) atoms. The first-order valence-corrected chi connectivity index (χ1v) is 10.9. The molecular weight excluding hydrogens is 486 g/mol. The van der Waals surface area contributed by atoms with Gasteiger partial charge in [-0.15, -0.1) is 0 Å². The van der Waals surface area contributed by atoms with E-state index < -0.39 is 37.0 Å². The van der Waals surface area contributed by atoms with E-state index >= 15 is 0 Å². The second-order valence-corrected chi connectivity index (χ2v) is 8.42. The van der Waals surface area contributed by atoms with Crippen LogP contribution in [0.1, 0.15) is 22.3 Å². The number of carbonyl (C=O) groups is 1. The van der Waals surface area contributed by atoms with Crippen molar-refractivity contribution in [3.05, 3.63) is 83.9 Å². The van der Waals surface area contributed by atoms with Crippen LogP contribution in [0.5, 0.6) is 0 Å². The van der Waals surface area contributed by atoms with Crippen molar-refractivity contribution in [3.8, 4) is 11.1 Å². The van der Waals surface area contributed by atoms with Gasteiger partial charge in [0.25, 0.3) is 5.60 Å². The molecule has 188 valence electrons. The first-order valence-electron chi connectivity index (χ1n) is 10.9. The first kappa shape index (κ1) is 25.5. The summed E-state index contributed by atoms with van der Waals surface area (Å²) in [6.45, 7) is 0.703. The molecule has 3 nitrogen and oxygen atoms in total. The molecule has 0 unspecified atom stereocenters. The molecule has 1 N–H and O–H groups in total. The predicted molar refractivity (Wildman–Crippen MR) is 124 cm³/mol. The molecule has 0 spiro atoms.